The van der Waals surface area contributed by atoms with Crippen LogP contribution in [0.1, 0.15) is 17.5 Å². The summed E-state index contributed by atoms with van der Waals surface area (Å²) in [6.07, 6.45) is 4.31. The molecule has 1 aromatic heterocycles. The third kappa shape index (κ3) is 3.39. The lowest BCUT2D eigenvalue weighted by Gasteiger charge is -2.25. The van der Waals surface area contributed by atoms with Crippen LogP contribution in [0, 0.1) is 0 Å². The van der Waals surface area contributed by atoms with Crippen LogP contribution in [0.2, 0.25) is 0 Å². The summed E-state index contributed by atoms with van der Waals surface area (Å²) in [5.41, 5.74) is 3.33. The lowest BCUT2D eigenvalue weighted by atomic mass is 9.81. The Hall–Kier alpha value is -3.45. The van der Waals surface area contributed by atoms with Gasteiger partial charge in [0.05, 0.1) is 24.2 Å². The van der Waals surface area contributed by atoms with Crippen molar-refractivity contribution in [3.05, 3.63) is 78.1 Å². The van der Waals surface area contributed by atoms with E-state index in [0.29, 0.717) is 32.6 Å². The van der Waals surface area contributed by atoms with Gasteiger partial charge in [0.2, 0.25) is 11.8 Å². The molecule has 1 atom stereocenters. The highest BCUT2D eigenvalue weighted by atomic mass is 16.2. The van der Waals surface area contributed by atoms with Crippen molar-refractivity contribution >= 4 is 17.5 Å². The minimum Gasteiger partial charge on any atom is -0.340 e. The van der Waals surface area contributed by atoms with Crippen molar-refractivity contribution in [1.29, 1.82) is 0 Å². The maximum absolute atomic E-state index is 13.9. The number of amides is 2. The normalized spacial score (nSPS) is 19.9. The fourth-order valence-corrected chi connectivity index (χ4v) is 4.94. The first-order valence-electron chi connectivity index (χ1n) is 10.9. The average Bonchev–Trinajstić information content (AvgIpc) is 3.51. The summed E-state index contributed by atoms with van der Waals surface area (Å²) >= 11 is 0. The molecular formula is C25H27N5O2. The number of rotatable bonds is 5. The summed E-state index contributed by atoms with van der Waals surface area (Å²) in [6.45, 7) is 1.89. The maximum atomic E-state index is 13.9. The molecule has 0 aliphatic carbocycles. The van der Waals surface area contributed by atoms with E-state index in [9.17, 15) is 9.59 Å². The van der Waals surface area contributed by atoms with Gasteiger partial charge in [-0.1, -0.05) is 30.3 Å². The smallest absolute Gasteiger partial charge is 0.239 e. The third-order valence-electron chi connectivity index (χ3n) is 6.46. The molecule has 1 unspecified atom stereocenters. The van der Waals surface area contributed by atoms with E-state index in [1.54, 1.807) is 6.20 Å². The number of carbonyl (C=O) groups excluding carboxylic acids is 2. The molecule has 2 aliphatic rings. The summed E-state index contributed by atoms with van der Waals surface area (Å²) in [4.78, 5) is 32.1. The van der Waals surface area contributed by atoms with Gasteiger partial charge in [0.25, 0.3) is 0 Å². The molecular weight excluding hydrogens is 402 g/mol. The molecule has 7 nitrogen and oxygen atoms in total. The second-order valence-electron chi connectivity index (χ2n) is 8.91. The molecule has 2 amide bonds. The maximum Gasteiger partial charge on any atom is 0.239 e. The van der Waals surface area contributed by atoms with Crippen LogP contribution in [0.3, 0.4) is 0 Å². The number of nitrogens with zero attached hydrogens (tertiary/aromatic N) is 5. The minimum absolute atomic E-state index is 0.0718. The number of hydrogen-bond acceptors (Lipinski definition) is 4. The molecule has 2 aliphatic heterocycles. The van der Waals surface area contributed by atoms with Crippen LogP contribution in [0.15, 0.2) is 67.0 Å². The van der Waals surface area contributed by atoms with E-state index in [0.717, 1.165) is 22.5 Å². The lowest BCUT2D eigenvalue weighted by molar-refractivity contribution is -0.131. The van der Waals surface area contributed by atoms with E-state index in [-0.39, 0.29) is 11.8 Å². The number of likely N-dealkylation sites (N-methyl/N-ethyl adjacent to an activating group) is 1. The largest absolute Gasteiger partial charge is 0.340 e. The zero-order valence-electron chi connectivity index (χ0n) is 18.4. The summed E-state index contributed by atoms with van der Waals surface area (Å²) in [7, 11) is 3.78. The SMILES string of the molecule is CN(C)CC(=O)N1CCC2(C1)C(=O)N(Cc1cccc(-n3cccn3)c1)c1ccccc12. The van der Waals surface area contributed by atoms with Crippen molar-refractivity contribution in [2.45, 2.75) is 18.4 Å². The average molecular weight is 430 g/mol. The van der Waals surface area contributed by atoms with E-state index in [1.165, 1.54) is 0 Å². The third-order valence-corrected chi connectivity index (χ3v) is 6.46. The topological polar surface area (TPSA) is 61.7 Å². The molecule has 0 saturated carbocycles. The Morgan fingerprint density at radius 3 is 2.75 bits per heavy atom. The summed E-state index contributed by atoms with van der Waals surface area (Å²) in [6, 6.07) is 18.0. The molecule has 3 aromatic rings. The summed E-state index contributed by atoms with van der Waals surface area (Å²) in [5, 5.41) is 4.31. The highest BCUT2D eigenvalue weighted by Crippen LogP contribution is 2.47. The molecule has 164 valence electrons. The van der Waals surface area contributed by atoms with E-state index < -0.39 is 5.41 Å². The Bertz CT molecular complexity index is 1160. The summed E-state index contributed by atoms with van der Waals surface area (Å²) < 4.78 is 1.82. The molecule has 1 saturated heterocycles. The Morgan fingerprint density at radius 2 is 1.97 bits per heavy atom. The van der Waals surface area contributed by atoms with E-state index in [1.807, 2.05) is 88.2 Å². The van der Waals surface area contributed by atoms with E-state index in [4.69, 9.17) is 0 Å². The van der Waals surface area contributed by atoms with Gasteiger partial charge in [-0.15, -0.1) is 0 Å². The van der Waals surface area contributed by atoms with Gasteiger partial charge in [-0.3, -0.25) is 9.59 Å². The Balaban J connectivity index is 1.44. The van der Waals surface area contributed by atoms with Crippen molar-refractivity contribution in [3.8, 4) is 5.69 Å². The molecule has 2 aromatic carbocycles. The number of aromatic nitrogens is 2. The van der Waals surface area contributed by atoms with Crippen LogP contribution >= 0.6 is 0 Å². The molecule has 32 heavy (non-hydrogen) atoms. The van der Waals surface area contributed by atoms with Gasteiger partial charge < -0.3 is 14.7 Å². The second kappa shape index (κ2) is 7.91. The fraction of sp³-hybridized carbons (Fsp3) is 0.320. The number of likely N-dealkylation sites (tertiary alicyclic amines) is 1. The predicted molar refractivity (Wildman–Crippen MR) is 123 cm³/mol. The number of hydrogen-bond donors (Lipinski definition) is 0. The van der Waals surface area contributed by atoms with Gasteiger partial charge in [0.1, 0.15) is 0 Å². The quantitative estimate of drug-likeness (QED) is 0.625. The van der Waals surface area contributed by atoms with Gasteiger partial charge in [0, 0.05) is 31.2 Å². The van der Waals surface area contributed by atoms with Crippen LogP contribution in [0.5, 0.6) is 0 Å². The highest BCUT2D eigenvalue weighted by Gasteiger charge is 2.54. The van der Waals surface area contributed by atoms with Crippen molar-refractivity contribution in [2.75, 3.05) is 38.6 Å². The number of benzene rings is 2. The monoisotopic (exact) mass is 429 g/mol. The van der Waals surface area contributed by atoms with E-state index >= 15 is 0 Å². The highest BCUT2D eigenvalue weighted by molar-refractivity contribution is 6.09. The lowest BCUT2D eigenvalue weighted by Crippen LogP contribution is -2.44. The zero-order valence-corrected chi connectivity index (χ0v) is 18.4. The Morgan fingerprint density at radius 1 is 1.12 bits per heavy atom. The van der Waals surface area contributed by atoms with Crippen molar-refractivity contribution in [2.24, 2.45) is 0 Å². The molecule has 0 bridgehead atoms. The molecule has 7 heteroatoms. The molecule has 0 radical (unpaired) electrons. The van der Waals surface area contributed by atoms with Gasteiger partial charge in [-0.25, -0.2) is 4.68 Å². The molecule has 3 heterocycles. The first-order valence-corrected chi connectivity index (χ1v) is 10.9. The molecule has 5 rings (SSSR count). The number of fused-ring (bicyclic) bond motifs is 2. The number of para-hydroxylation sites is 1. The minimum atomic E-state index is -0.655. The van der Waals surface area contributed by atoms with Gasteiger partial charge in [-0.2, -0.15) is 5.10 Å². The van der Waals surface area contributed by atoms with Gasteiger partial charge >= 0.3 is 0 Å². The van der Waals surface area contributed by atoms with Crippen LogP contribution in [0.4, 0.5) is 5.69 Å². The van der Waals surface area contributed by atoms with Crippen LogP contribution in [-0.4, -0.2) is 65.1 Å². The van der Waals surface area contributed by atoms with Gasteiger partial charge in [0.15, 0.2) is 0 Å². The molecule has 1 fully saturated rings. The van der Waals surface area contributed by atoms with Crippen molar-refractivity contribution in [1.82, 2.24) is 19.6 Å². The van der Waals surface area contributed by atoms with E-state index in [2.05, 4.69) is 11.2 Å². The zero-order chi connectivity index (χ0) is 22.3. The predicted octanol–water partition coefficient (Wildman–Crippen LogP) is 2.45. The van der Waals surface area contributed by atoms with Crippen LogP contribution < -0.4 is 4.90 Å². The van der Waals surface area contributed by atoms with Crippen molar-refractivity contribution < 1.29 is 9.59 Å². The standard InChI is InChI=1S/C25H27N5O2/c1-27(2)17-23(31)28-14-11-25(18-28)21-9-3-4-10-22(21)29(24(25)32)16-19-7-5-8-20(15-19)30-13-6-12-26-30/h3-10,12-13,15H,11,14,16-18H2,1-2H3. The molecule has 1 spiro atoms. The second-order valence-corrected chi connectivity index (χ2v) is 8.91. The Labute approximate surface area is 187 Å². The summed E-state index contributed by atoms with van der Waals surface area (Å²) in [5.74, 6) is 0.158. The van der Waals surface area contributed by atoms with Crippen molar-refractivity contribution in [3.63, 3.8) is 0 Å². The number of anilines is 1. The molecule has 0 N–H and O–H groups in total. The van der Waals surface area contributed by atoms with Crippen LogP contribution in [-0.2, 0) is 21.5 Å². The van der Waals surface area contributed by atoms with Crippen LogP contribution in [0.25, 0.3) is 5.69 Å². The number of carbonyl (C=O) groups is 2. The van der Waals surface area contributed by atoms with Gasteiger partial charge in [-0.05, 0) is 55.9 Å². The first-order chi connectivity index (χ1) is 15.5. The Kier molecular flexibility index (Phi) is 5.06. The first kappa shape index (κ1) is 20.5. The fourth-order valence-electron chi connectivity index (χ4n) is 4.94.